The molecule has 3 heterocycles. The average molecular weight is 414 g/mol. The maximum atomic E-state index is 12.9. The number of imidazole rings is 1. The van der Waals surface area contributed by atoms with Gasteiger partial charge in [0.1, 0.15) is 11.5 Å². The minimum Gasteiger partial charge on any atom is -0.302 e. The second-order valence-electron chi connectivity index (χ2n) is 9.08. The summed E-state index contributed by atoms with van der Waals surface area (Å²) in [5, 5.41) is 5.19. The molecule has 6 nitrogen and oxygen atoms in total. The van der Waals surface area contributed by atoms with E-state index in [1.54, 1.807) is 22.8 Å². The van der Waals surface area contributed by atoms with Gasteiger partial charge in [-0.15, -0.1) is 5.10 Å². The van der Waals surface area contributed by atoms with Crippen LogP contribution in [0.4, 0.5) is 0 Å². The molecule has 1 N–H and O–H groups in total. The van der Waals surface area contributed by atoms with Crippen LogP contribution in [0.5, 0.6) is 0 Å². The van der Waals surface area contributed by atoms with E-state index >= 15 is 0 Å². The molecule has 29 heavy (non-hydrogen) atoms. The zero-order valence-corrected chi connectivity index (χ0v) is 18.3. The van der Waals surface area contributed by atoms with Crippen LogP contribution in [0.25, 0.3) is 17.0 Å². The number of aryl methyl sites for hydroxylation is 1. The third-order valence-corrected chi connectivity index (χ3v) is 6.54. The molecular formula is C22H28ClN5O. The number of nitrogens with zero attached hydrogens (tertiary/aromatic N) is 4. The molecule has 3 aromatic rings. The molecule has 0 saturated heterocycles. The van der Waals surface area contributed by atoms with Crippen molar-refractivity contribution in [2.75, 3.05) is 0 Å². The average Bonchev–Trinajstić information content (AvgIpc) is 3.07. The molecule has 0 amide bonds. The first-order valence-electron chi connectivity index (χ1n) is 10.4. The molecule has 0 aromatic carbocycles. The highest BCUT2D eigenvalue weighted by Gasteiger charge is 2.32. The van der Waals surface area contributed by atoms with E-state index in [1.807, 2.05) is 6.92 Å². The lowest BCUT2D eigenvalue weighted by molar-refractivity contribution is 0.167. The van der Waals surface area contributed by atoms with Crippen molar-refractivity contribution < 1.29 is 0 Å². The summed E-state index contributed by atoms with van der Waals surface area (Å²) in [6.07, 6.45) is 6.82. The Morgan fingerprint density at radius 3 is 2.59 bits per heavy atom. The highest BCUT2D eigenvalue weighted by molar-refractivity contribution is 6.32. The van der Waals surface area contributed by atoms with E-state index in [0.29, 0.717) is 39.8 Å². The first-order valence-corrected chi connectivity index (χ1v) is 10.8. The van der Waals surface area contributed by atoms with Gasteiger partial charge in [-0.3, -0.25) is 9.78 Å². The van der Waals surface area contributed by atoms with E-state index in [9.17, 15) is 4.79 Å². The molecule has 0 radical (unpaired) electrons. The summed E-state index contributed by atoms with van der Waals surface area (Å²) < 4.78 is 1.75. The summed E-state index contributed by atoms with van der Waals surface area (Å²) in [6, 6.07) is 3.50. The molecule has 0 bridgehead atoms. The molecule has 3 aromatic heterocycles. The highest BCUT2D eigenvalue weighted by atomic mass is 35.5. The zero-order valence-electron chi connectivity index (χ0n) is 17.5. The fourth-order valence-corrected chi connectivity index (χ4v) is 4.70. The number of aromatic amines is 1. The van der Waals surface area contributed by atoms with Crippen LogP contribution in [-0.4, -0.2) is 24.6 Å². The standard InChI is InChI=1S/C22H28ClN5O/c1-5-16-18-21(29)26-19(17-15(23)7-6-12-24-17)27-28(18)20(25-16)13-8-10-14(11-9-13)22(2,3)4/h6-7,12-14H,5,8-11H2,1-4H3,(H,26,27,29). The number of halogens is 1. The van der Waals surface area contributed by atoms with Crippen LogP contribution < -0.4 is 5.56 Å². The van der Waals surface area contributed by atoms with E-state index in [-0.39, 0.29) is 5.56 Å². The van der Waals surface area contributed by atoms with Crippen LogP contribution in [0.3, 0.4) is 0 Å². The number of pyridine rings is 1. The summed E-state index contributed by atoms with van der Waals surface area (Å²) in [5.74, 6) is 2.29. The monoisotopic (exact) mass is 413 g/mol. The van der Waals surface area contributed by atoms with Gasteiger partial charge in [0.25, 0.3) is 5.56 Å². The zero-order chi connectivity index (χ0) is 20.8. The molecule has 4 rings (SSSR count). The van der Waals surface area contributed by atoms with E-state index in [1.165, 1.54) is 12.8 Å². The SMILES string of the molecule is CCc1nc(C2CCC(C(C)(C)C)CC2)n2nc(-c3ncccc3Cl)[nH]c(=O)c12. The molecule has 7 heteroatoms. The maximum Gasteiger partial charge on any atom is 0.277 e. The third-order valence-electron chi connectivity index (χ3n) is 6.23. The van der Waals surface area contributed by atoms with Crippen molar-refractivity contribution in [3.8, 4) is 11.5 Å². The molecule has 1 fully saturated rings. The van der Waals surface area contributed by atoms with Crippen LogP contribution in [0.1, 0.15) is 70.8 Å². The Morgan fingerprint density at radius 1 is 1.24 bits per heavy atom. The summed E-state index contributed by atoms with van der Waals surface area (Å²) >= 11 is 6.29. The number of fused-ring (bicyclic) bond motifs is 1. The number of rotatable bonds is 3. The first kappa shape index (κ1) is 20.1. The van der Waals surface area contributed by atoms with Gasteiger partial charge >= 0.3 is 0 Å². The van der Waals surface area contributed by atoms with Crippen LogP contribution >= 0.6 is 11.6 Å². The minimum absolute atomic E-state index is 0.198. The van der Waals surface area contributed by atoms with Crippen LogP contribution in [0.15, 0.2) is 23.1 Å². The van der Waals surface area contributed by atoms with E-state index in [4.69, 9.17) is 21.7 Å². The van der Waals surface area contributed by atoms with E-state index in [0.717, 1.165) is 30.3 Å². The summed E-state index contributed by atoms with van der Waals surface area (Å²) in [4.78, 5) is 24.9. The van der Waals surface area contributed by atoms with Gasteiger partial charge in [-0.2, -0.15) is 0 Å². The van der Waals surface area contributed by atoms with Crippen molar-refractivity contribution in [2.24, 2.45) is 11.3 Å². The number of hydrogen-bond donors (Lipinski definition) is 1. The number of nitrogens with one attached hydrogen (secondary N) is 1. The van der Waals surface area contributed by atoms with E-state index in [2.05, 4.69) is 30.7 Å². The predicted octanol–water partition coefficient (Wildman–Crippen LogP) is 5.02. The number of H-pyrrole nitrogens is 1. The van der Waals surface area contributed by atoms with Gasteiger partial charge in [-0.25, -0.2) is 9.50 Å². The number of hydrogen-bond acceptors (Lipinski definition) is 4. The molecule has 1 aliphatic rings. The smallest absolute Gasteiger partial charge is 0.277 e. The molecule has 1 aliphatic carbocycles. The quantitative estimate of drug-likeness (QED) is 0.654. The molecule has 0 spiro atoms. The lowest BCUT2D eigenvalue weighted by Gasteiger charge is -2.36. The minimum atomic E-state index is -0.198. The largest absolute Gasteiger partial charge is 0.302 e. The molecule has 0 unspecified atom stereocenters. The van der Waals surface area contributed by atoms with Crippen LogP contribution in [-0.2, 0) is 6.42 Å². The van der Waals surface area contributed by atoms with E-state index < -0.39 is 0 Å². The van der Waals surface area contributed by atoms with Gasteiger partial charge in [0.05, 0.1) is 10.7 Å². The van der Waals surface area contributed by atoms with Crippen molar-refractivity contribution in [1.82, 2.24) is 24.6 Å². The lowest BCUT2D eigenvalue weighted by atomic mass is 9.70. The molecule has 154 valence electrons. The Bertz CT molecular complexity index is 1090. The molecule has 0 aliphatic heterocycles. The second-order valence-corrected chi connectivity index (χ2v) is 9.49. The van der Waals surface area contributed by atoms with Crippen LogP contribution in [0, 0.1) is 11.3 Å². The second kappa shape index (κ2) is 7.56. The van der Waals surface area contributed by atoms with Gasteiger partial charge in [0.15, 0.2) is 11.3 Å². The summed E-state index contributed by atoms with van der Waals surface area (Å²) in [7, 11) is 0. The predicted molar refractivity (Wildman–Crippen MR) is 115 cm³/mol. The third kappa shape index (κ3) is 3.70. The fourth-order valence-electron chi connectivity index (χ4n) is 4.49. The Hall–Kier alpha value is -2.21. The summed E-state index contributed by atoms with van der Waals surface area (Å²) in [5.41, 5.74) is 1.94. The number of aromatic nitrogens is 5. The van der Waals surface area contributed by atoms with Crippen molar-refractivity contribution in [3.63, 3.8) is 0 Å². The lowest BCUT2D eigenvalue weighted by Crippen LogP contribution is -2.26. The van der Waals surface area contributed by atoms with Gasteiger partial charge < -0.3 is 4.98 Å². The Kier molecular flexibility index (Phi) is 5.23. The van der Waals surface area contributed by atoms with Gasteiger partial charge in [0, 0.05) is 12.1 Å². The topological polar surface area (TPSA) is 75.9 Å². The fraction of sp³-hybridized carbons (Fsp3) is 0.545. The Morgan fingerprint density at radius 2 is 1.97 bits per heavy atom. The van der Waals surface area contributed by atoms with Crippen molar-refractivity contribution in [1.29, 1.82) is 0 Å². The first-order chi connectivity index (χ1) is 13.8. The molecule has 0 atom stereocenters. The maximum absolute atomic E-state index is 12.9. The normalized spacial score (nSPS) is 20.3. The van der Waals surface area contributed by atoms with Crippen LogP contribution in [0.2, 0.25) is 5.02 Å². The summed E-state index contributed by atoms with van der Waals surface area (Å²) in [6.45, 7) is 8.98. The van der Waals surface area contributed by atoms with Gasteiger partial charge in [-0.1, -0.05) is 39.3 Å². The van der Waals surface area contributed by atoms with Crippen molar-refractivity contribution in [3.05, 3.63) is 45.2 Å². The molecule has 1 saturated carbocycles. The van der Waals surface area contributed by atoms with Crippen molar-refractivity contribution in [2.45, 2.75) is 65.7 Å². The van der Waals surface area contributed by atoms with Gasteiger partial charge in [-0.05, 0) is 55.6 Å². The van der Waals surface area contributed by atoms with Crippen molar-refractivity contribution >= 4 is 17.1 Å². The highest BCUT2D eigenvalue weighted by Crippen LogP contribution is 2.43. The molecular weight excluding hydrogens is 386 g/mol. The Balaban J connectivity index is 1.79. The Labute approximate surface area is 175 Å². The van der Waals surface area contributed by atoms with Gasteiger partial charge in [0.2, 0.25) is 0 Å².